The van der Waals surface area contributed by atoms with E-state index in [0.717, 1.165) is 0 Å². The van der Waals surface area contributed by atoms with Crippen LogP contribution in [-0.4, -0.2) is 26.1 Å². The summed E-state index contributed by atoms with van der Waals surface area (Å²) in [7, 11) is -3.23. The fourth-order valence-corrected chi connectivity index (χ4v) is 2.65. The molecule has 1 aromatic rings. The van der Waals surface area contributed by atoms with Gasteiger partial charge in [-0.15, -0.1) is 0 Å². The maximum Gasteiger partial charge on any atom is 0.224 e. The monoisotopic (exact) mass is 366 g/mol. The number of unbranched alkanes of at least 4 members (excludes halogenated alkanes) is 1. The van der Waals surface area contributed by atoms with Gasteiger partial charge in [0.25, 0.3) is 0 Å². The fourth-order valence-electron chi connectivity index (χ4n) is 1.59. The lowest BCUT2D eigenvalue weighted by Crippen LogP contribution is -2.31. The smallest absolute Gasteiger partial charge is 0.224 e. The van der Waals surface area contributed by atoms with Crippen molar-refractivity contribution in [2.75, 3.05) is 11.9 Å². The first-order valence-corrected chi connectivity index (χ1v) is 9.26. The predicted molar refractivity (Wildman–Crippen MR) is 91.0 cm³/mol. The van der Waals surface area contributed by atoms with E-state index in [9.17, 15) is 13.2 Å². The molecule has 0 aliphatic carbocycles. The third kappa shape index (κ3) is 6.52. The van der Waals surface area contributed by atoms with Crippen molar-refractivity contribution in [3.05, 3.63) is 28.2 Å². The summed E-state index contributed by atoms with van der Waals surface area (Å²) in [5, 5.41) is 3.07. The van der Waals surface area contributed by atoms with Crippen molar-refractivity contribution < 1.29 is 13.2 Å². The van der Waals surface area contributed by atoms with E-state index in [4.69, 9.17) is 23.2 Å². The second-order valence-corrected chi connectivity index (χ2v) is 8.26. The number of carbonyl (C=O) groups is 1. The number of halogens is 2. The van der Waals surface area contributed by atoms with Crippen LogP contribution in [0.25, 0.3) is 0 Å². The third-order valence-corrected chi connectivity index (χ3v) is 5.54. The van der Waals surface area contributed by atoms with Crippen molar-refractivity contribution in [2.45, 2.75) is 38.4 Å². The summed E-state index contributed by atoms with van der Waals surface area (Å²) in [6.07, 6.45) is 1.50. The molecular formula is C14H20Cl2N2O3S. The number of rotatable bonds is 8. The molecule has 0 atom stereocenters. The average Bonchev–Trinajstić information content (AvgIpc) is 2.42. The van der Waals surface area contributed by atoms with E-state index in [1.807, 2.05) is 0 Å². The number of sulfonamides is 1. The van der Waals surface area contributed by atoms with Crippen LogP contribution in [0.4, 0.5) is 5.69 Å². The lowest BCUT2D eigenvalue weighted by atomic mass is 10.2. The second-order valence-electron chi connectivity index (χ2n) is 5.12. The minimum absolute atomic E-state index is 0.148. The Labute approximate surface area is 141 Å². The van der Waals surface area contributed by atoms with Gasteiger partial charge in [0.15, 0.2) is 0 Å². The summed E-state index contributed by atoms with van der Waals surface area (Å²) in [5.74, 6) is -0.148. The van der Waals surface area contributed by atoms with Gasteiger partial charge >= 0.3 is 0 Å². The first-order valence-electron chi connectivity index (χ1n) is 6.96. The van der Waals surface area contributed by atoms with Gasteiger partial charge in [0, 0.05) is 18.7 Å². The van der Waals surface area contributed by atoms with Crippen molar-refractivity contribution >= 4 is 44.8 Å². The summed E-state index contributed by atoms with van der Waals surface area (Å²) in [4.78, 5) is 11.8. The van der Waals surface area contributed by atoms with Gasteiger partial charge in [-0.1, -0.05) is 23.2 Å². The molecular weight excluding hydrogens is 347 g/mol. The van der Waals surface area contributed by atoms with Gasteiger partial charge < -0.3 is 5.32 Å². The van der Waals surface area contributed by atoms with Gasteiger partial charge in [0.05, 0.1) is 15.3 Å². The zero-order chi connectivity index (χ0) is 16.8. The van der Waals surface area contributed by atoms with Crippen molar-refractivity contribution in [1.29, 1.82) is 0 Å². The van der Waals surface area contributed by atoms with E-state index in [-0.39, 0.29) is 5.91 Å². The van der Waals surface area contributed by atoms with Crippen LogP contribution in [0.3, 0.4) is 0 Å². The molecule has 8 heteroatoms. The molecule has 0 aromatic heterocycles. The van der Waals surface area contributed by atoms with E-state index in [0.29, 0.717) is 41.5 Å². The minimum atomic E-state index is -3.23. The van der Waals surface area contributed by atoms with Crippen LogP contribution < -0.4 is 10.0 Å². The van der Waals surface area contributed by atoms with Gasteiger partial charge in [-0.2, -0.15) is 0 Å². The molecule has 124 valence electrons. The minimum Gasteiger partial charge on any atom is -0.326 e. The normalized spacial score (nSPS) is 11.7. The lowest BCUT2D eigenvalue weighted by Gasteiger charge is -2.09. The molecule has 5 nitrogen and oxygen atoms in total. The number of amides is 1. The number of hydrogen-bond acceptors (Lipinski definition) is 3. The highest BCUT2D eigenvalue weighted by atomic mass is 35.5. The van der Waals surface area contributed by atoms with E-state index < -0.39 is 15.3 Å². The average molecular weight is 367 g/mol. The number of nitrogens with one attached hydrogen (secondary N) is 2. The number of hydrogen-bond donors (Lipinski definition) is 2. The molecule has 0 spiro atoms. The van der Waals surface area contributed by atoms with Crippen molar-refractivity contribution in [3.8, 4) is 0 Å². The highest BCUT2D eigenvalue weighted by molar-refractivity contribution is 7.90. The van der Waals surface area contributed by atoms with Gasteiger partial charge in [-0.05, 0) is 44.9 Å². The first-order chi connectivity index (χ1) is 10.2. The predicted octanol–water partition coefficient (Wildman–Crippen LogP) is 3.43. The molecule has 0 unspecified atom stereocenters. The Kier molecular flexibility index (Phi) is 7.62. The van der Waals surface area contributed by atoms with Crippen LogP contribution in [0.2, 0.25) is 10.0 Å². The highest BCUT2D eigenvalue weighted by Gasteiger charge is 2.14. The maximum absolute atomic E-state index is 11.8. The quantitative estimate of drug-likeness (QED) is 0.692. The summed E-state index contributed by atoms with van der Waals surface area (Å²) in [6.45, 7) is 3.57. The Morgan fingerprint density at radius 2 is 1.86 bits per heavy atom. The molecule has 1 aromatic carbocycles. The zero-order valence-electron chi connectivity index (χ0n) is 12.5. The largest absolute Gasteiger partial charge is 0.326 e. The SMILES string of the molecule is CC(C)S(=O)(=O)NCCCCC(=O)Nc1ccc(Cl)c(Cl)c1. The Balaban J connectivity index is 2.28. The molecule has 22 heavy (non-hydrogen) atoms. The molecule has 0 saturated carbocycles. The Morgan fingerprint density at radius 3 is 2.45 bits per heavy atom. The van der Waals surface area contributed by atoms with Crippen LogP contribution in [-0.2, 0) is 14.8 Å². The van der Waals surface area contributed by atoms with Gasteiger partial charge in [-0.3, -0.25) is 4.79 Å². The van der Waals surface area contributed by atoms with Crippen LogP contribution in [0.15, 0.2) is 18.2 Å². The Morgan fingerprint density at radius 1 is 1.18 bits per heavy atom. The standard InChI is InChI=1S/C14H20Cl2N2O3S/c1-10(2)22(20,21)17-8-4-3-5-14(19)18-11-6-7-12(15)13(16)9-11/h6-7,9-10,17H,3-5,8H2,1-2H3,(H,18,19). The molecule has 2 N–H and O–H groups in total. The van der Waals surface area contributed by atoms with Gasteiger partial charge in [-0.25, -0.2) is 13.1 Å². The Bertz CT molecular complexity index is 619. The zero-order valence-corrected chi connectivity index (χ0v) is 14.9. The molecule has 1 amide bonds. The van der Waals surface area contributed by atoms with E-state index in [2.05, 4.69) is 10.0 Å². The lowest BCUT2D eigenvalue weighted by molar-refractivity contribution is -0.116. The van der Waals surface area contributed by atoms with E-state index in [1.54, 1.807) is 32.0 Å². The van der Waals surface area contributed by atoms with Crippen LogP contribution in [0.5, 0.6) is 0 Å². The highest BCUT2D eigenvalue weighted by Crippen LogP contribution is 2.25. The summed E-state index contributed by atoms with van der Waals surface area (Å²) >= 11 is 11.7. The molecule has 0 bridgehead atoms. The fraction of sp³-hybridized carbons (Fsp3) is 0.500. The summed E-state index contributed by atoms with van der Waals surface area (Å²) in [5.41, 5.74) is 0.583. The number of carbonyl (C=O) groups excluding carboxylic acids is 1. The maximum atomic E-state index is 11.8. The van der Waals surface area contributed by atoms with Crippen LogP contribution in [0.1, 0.15) is 33.1 Å². The van der Waals surface area contributed by atoms with Crippen molar-refractivity contribution in [3.63, 3.8) is 0 Å². The van der Waals surface area contributed by atoms with Gasteiger partial charge in [0.2, 0.25) is 15.9 Å². The number of benzene rings is 1. The van der Waals surface area contributed by atoms with E-state index >= 15 is 0 Å². The third-order valence-electron chi connectivity index (χ3n) is 2.96. The number of anilines is 1. The van der Waals surface area contributed by atoms with E-state index in [1.165, 1.54) is 0 Å². The molecule has 0 aliphatic heterocycles. The molecule has 0 radical (unpaired) electrons. The molecule has 0 heterocycles. The molecule has 1 rings (SSSR count). The molecule has 0 aliphatic rings. The molecule has 0 saturated heterocycles. The second kappa shape index (κ2) is 8.72. The van der Waals surface area contributed by atoms with Crippen LogP contribution in [0, 0.1) is 0 Å². The van der Waals surface area contributed by atoms with Crippen LogP contribution >= 0.6 is 23.2 Å². The first kappa shape index (κ1) is 19.2. The van der Waals surface area contributed by atoms with Gasteiger partial charge in [0.1, 0.15) is 0 Å². The summed E-state index contributed by atoms with van der Waals surface area (Å²) in [6, 6.07) is 4.86. The van der Waals surface area contributed by atoms with Crippen molar-refractivity contribution in [2.24, 2.45) is 0 Å². The van der Waals surface area contributed by atoms with Crippen molar-refractivity contribution in [1.82, 2.24) is 4.72 Å². The Hall–Kier alpha value is -0.820. The molecule has 0 fully saturated rings. The topological polar surface area (TPSA) is 75.3 Å². The summed E-state index contributed by atoms with van der Waals surface area (Å²) < 4.78 is 25.5.